The summed E-state index contributed by atoms with van der Waals surface area (Å²) in [4.78, 5) is 19.8. The molecule has 1 atom stereocenters. The van der Waals surface area contributed by atoms with Crippen molar-refractivity contribution in [3.63, 3.8) is 0 Å². The number of aliphatic hydroxyl groups is 1. The van der Waals surface area contributed by atoms with Crippen LogP contribution in [0.25, 0.3) is 0 Å². The molecule has 2 N–H and O–H groups in total. The summed E-state index contributed by atoms with van der Waals surface area (Å²) in [7, 11) is 0. The van der Waals surface area contributed by atoms with Crippen LogP contribution >= 0.6 is 15.9 Å². The molecule has 23 heavy (non-hydrogen) atoms. The molecule has 0 spiro atoms. The average molecular weight is 384 g/mol. The zero-order valence-electron chi connectivity index (χ0n) is 12.5. The zero-order valence-corrected chi connectivity index (χ0v) is 14.1. The molecule has 1 aromatic rings. The fourth-order valence-electron chi connectivity index (χ4n) is 2.77. The molecule has 0 bridgehead atoms. The molecule has 3 rings (SSSR count). The first-order valence-corrected chi connectivity index (χ1v) is 8.21. The van der Waals surface area contributed by atoms with Crippen molar-refractivity contribution in [2.45, 2.75) is 6.10 Å². The number of hydrogen-bond acceptors (Lipinski definition) is 6. The van der Waals surface area contributed by atoms with Gasteiger partial charge in [0.15, 0.2) is 0 Å². The number of halogens is 1. The highest BCUT2D eigenvalue weighted by Crippen LogP contribution is 2.36. The van der Waals surface area contributed by atoms with E-state index in [-0.39, 0.29) is 5.57 Å². The Hall–Kier alpha value is -1.48. The molecule has 1 fully saturated rings. The van der Waals surface area contributed by atoms with E-state index in [1.54, 1.807) is 17.2 Å². The van der Waals surface area contributed by atoms with E-state index in [1.165, 1.54) is 6.20 Å². The number of carboxylic acids is 1. The number of pyridine rings is 1. The van der Waals surface area contributed by atoms with Crippen molar-refractivity contribution in [1.29, 1.82) is 0 Å². The Morgan fingerprint density at radius 1 is 1.39 bits per heavy atom. The highest BCUT2D eigenvalue weighted by atomic mass is 79.9. The normalized spacial score (nSPS) is 21.7. The lowest BCUT2D eigenvalue weighted by atomic mass is 9.99. The van der Waals surface area contributed by atoms with Crippen LogP contribution in [0, 0.1) is 0 Å². The standard InChI is InChI=1S/C15H18BrN3O4/c16-10-7-11-13(20)12(15(21)22)9-19(14(11)17-8-10)2-1-18-3-5-23-6-4-18/h7-9,13,20H,1-6H2,(H,21,22). The molecule has 7 nitrogen and oxygen atoms in total. The second-order valence-corrected chi connectivity index (χ2v) is 6.42. The van der Waals surface area contributed by atoms with Crippen LogP contribution in [0.5, 0.6) is 0 Å². The lowest BCUT2D eigenvalue weighted by Crippen LogP contribution is -2.41. The van der Waals surface area contributed by atoms with E-state index >= 15 is 0 Å². The molecule has 1 saturated heterocycles. The van der Waals surface area contributed by atoms with Gasteiger partial charge in [-0.1, -0.05) is 0 Å². The number of carboxylic acid groups (broad SMARTS) is 1. The molecular formula is C15H18BrN3O4. The summed E-state index contributed by atoms with van der Waals surface area (Å²) in [6.45, 7) is 4.55. The van der Waals surface area contributed by atoms with Gasteiger partial charge in [-0.05, 0) is 22.0 Å². The number of rotatable bonds is 4. The molecule has 0 aromatic carbocycles. The first-order chi connectivity index (χ1) is 11.1. The zero-order chi connectivity index (χ0) is 16.4. The molecule has 3 heterocycles. The molecule has 1 unspecified atom stereocenters. The smallest absolute Gasteiger partial charge is 0.336 e. The number of hydrogen-bond donors (Lipinski definition) is 2. The fraction of sp³-hybridized carbons (Fsp3) is 0.467. The molecule has 124 valence electrons. The number of aliphatic carboxylic acids is 1. The van der Waals surface area contributed by atoms with E-state index < -0.39 is 12.1 Å². The maximum atomic E-state index is 11.4. The lowest BCUT2D eigenvalue weighted by molar-refractivity contribution is -0.133. The summed E-state index contributed by atoms with van der Waals surface area (Å²) in [5, 5.41) is 19.6. The Morgan fingerprint density at radius 3 is 2.83 bits per heavy atom. The number of nitrogens with zero attached hydrogens (tertiary/aromatic N) is 3. The number of ether oxygens (including phenoxy) is 1. The summed E-state index contributed by atoms with van der Waals surface area (Å²) < 4.78 is 6.03. The number of aliphatic hydroxyl groups excluding tert-OH is 1. The van der Waals surface area contributed by atoms with E-state index in [2.05, 4.69) is 25.8 Å². The molecular weight excluding hydrogens is 366 g/mol. The van der Waals surface area contributed by atoms with Crippen molar-refractivity contribution in [1.82, 2.24) is 9.88 Å². The Morgan fingerprint density at radius 2 is 2.13 bits per heavy atom. The van der Waals surface area contributed by atoms with Crippen LogP contribution in [0.2, 0.25) is 0 Å². The van der Waals surface area contributed by atoms with Gasteiger partial charge in [0.1, 0.15) is 11.9 Å². The summed E-state index contributed by atoms with van der Waals surface area (Å²) in [5.41, 5.74) is 0.459. The minimum Gasteiger partial charge on any atom is -0.478 e. The van der Waals surface area contributed by atoms with Gasteiger partial charge in [-0.3, -0.25) is 4.90 Å². The third-order valence-corrected chi connectivity index (χ3v) is 4.46. The van der Waals surface area contributed by atoms with Crippen molar-refractivity contribution in [3.8, 4) is 0 Å². The number of morpholine rings is 1. The summed E-state index contributed by atoms with van der Waals surface area (Å²) in [5.74, 6) is -0.529. The van der Waals surface area contributed by atoms with Crippen LogP contribution in [0.3, 0.4) is 0 Å². The molecule has 2 aliphatic heterocycles. The van der Waals surface area contributed by atoms with Gasteiger partial charge in [-0.25, -0.2) is 9.78 Å². The van der Waals surface area contributed by atoms with Gasteiger partial charge in [0, 0.05) is 48.6 Å². The van der Waals surface area contributed by atoms with Crippen molar-refractivity contribution < 1.29 is 19.7 Å². The monoisotopic (exact) mass is 383 g/mol. The maximum absolute atomic E-state index is 11.4. The lowest BCUT2D eigenvalue weighted by Gasteiger charge is -2.33. The van der Waals surface area contributed by atoms with Crippen LogP contribution in [0.1, 0.15) is 11.7 Å². The van der Waals surface area contributed by atoms with Gasteiger partial charge in [-0.15, -0.1) is 0 Å². The van der Waals surface area contributed by atoms with Gasteiger partial charge in [-0.2, -0.15) is 0 Å². The van der Waals surface area contributed by atoms with Gasteiger partial charge >= 0.3 is 5.97 Å². The minimum absolute atomic E-state index is 0.0422. The molecule has 0 radical (unpaired) electrons. The van der Waals surface area contributed by atoms with Crippen LogP contribution < -0.4 is 4.90 Å². The fourth-order valence-corrected chi connectivity index (χ4v) is 3.12. The summed E-state index contributed by atoms with van der Waals surface area (Å²) in [6.07, 6.45) is 1.95. The topological polar surface area (TPSA) is 86.1 Å². The second-order valence-electron chi connectivity index (χ2n) is 5.51. The van der Waals surface area contributed by atoms with E-state index in [0.29, 0.717) is 22.4 Å². The van der Waals surface area contributed by atoms with Crippen molar-refractivity contribution in [3.05, 3.63) is 34.1 Å². The van der Waals surface area contributed by atoms with Crippen molar-refractivity contribution >= 4 is 27.7 Å². The van der Waals surface area contributed by atoms with Gasteiger partial charge < -0.3 is 19.8 Å². The number of aromatic nitrogens is 1. The van der Waals surface area contributed by atoms with Crippen LogP contribution in [0.4, 0.5) is 5.82 Å². The van der Waals surface area contributed by atoms with E-state index in [9.17, 15) is 15.0 Å². The number of anilines is 1. The predicted octanol–water partition coefficient (Wildman–Crippen LogP) is 0.998. The molecule has 2 aliphatic rings. The molecule has 1 aromatic heterocycles. The van der Waals surface area contributed by atoms with Crippen molar-refractivity contribution in [2.75, 3.05) is 44.3 Å². The largest absolute Gasteiger partial charge is 0.478 e. The van der Waals surface area contributed by atoms with E-state index in [1.807, 2.05) is 0 Å². The first kappa shape index (κ1) is 16.4. The van der Waals surface area contributed by atoms with Crippen LogP contribution in [-0.4, -0.2) is 65.5 Å². The third kappa shape index (κ3) is 3.55. The number of carbonyl (C=O) groups is 1. The molecule has 0 aliphatic carbocycles. The van der Waals surface area contributed by atoms with Gasteiger partial charge in [0.05, 0.1) is 18.8 Å². The SMILES string of the molecule is O=C(O)C1=CN(CCN2CCOCC2)c2ncc(Br)cc2C1O. The molecule has 0 saturated carbocycles. The van der Waals surface area contributed by atoms with Crippen molar-refractivity contribution in [2.24, 2.45) is 0 Å². The average Bonchev–Trinajstić information content (AvgIpc) is 2.55. The molecule has 0 amide bonds. The summed E-state index contributed by atoms with van der Waals surface area (Å²) in [6, 6.07) is 1.71. The van der Waals surface area contributed by atoms with E-state index in [0.717, 1.165) is 32.8 Å². The molecule has 8 heteroatoms. The Kier molecular flexibility index (Phi) is 4.96. The van der Waals surface area contributed by atoms with Crippen LogP contribution in [0.15, 0.2) is 28.5 Å². The second kappa shape index (κ2) is 6.96. The van der Waals surface area contributed by atoms with Gasteiger partial charge in [0.2, 0.25) is 0 Å². The number of fused-ring (bicyclic) bond motifs is 1. The highest BCUT2D eigenvalue weighted by molar-refractivity contribution is 9.10. The third-order valence-electron chi connectivity index (χ3n) is 4.03. The highest BCUT2D eigenvalue weighted by Gasteiger charge is 2.31. The quantitative estimate of drug-likeness (QED) is 0.801. The van der Waals surface area contributed by atoms with Crippen LogP contribution in [-0.2, 0) is 9.53 Å². The minimum atomic E-state index is -1.17. The Labute approximate surface area is 142 Å². The Balaban J connectivity index is 1.83. The predicted molar refractivity (Wildman–Crippen MR) is 87.2 cm³/mol. The first-order valence-electron chi connectivity index (χ1n) is 7.41. The van der Waals surface area contributed by atoms with Gasteiger partial charge in [0.25, 0.3) is 0 Å². The Bertz CT molecular complexity index is 631. The van der Waals surface area contributed by atoms with E-state index in [4.69, 9.17) is 4.74 Å². The summed E-state index contributed by atoms with van der Waals surface area (Å²) >= 11 is 3.32. The maximum Gasteiger partial charge on any atom is 0.336 e.